The Balaban J connectivity index is 2.17. The minimum absolute atomic E-state index is 0.138. The van der Waals surface area contributed by atoms with Crippen LogP contribution < -0.4 is 4.90 Å². The summed E-state index contributed by atoms with van der Waals surface area (Å²) in [6.45, 7) is 1.54. The summed E-state index contributed by atoms with van der Waals surface area (Å²) >= 11 is 11.7. The van der Waals surface area contributed by atoms with Crippen LogP contribution in [0.4, 0.5) is 10.5 Å². The van der Waals surface area contributed by atoms with Crippen LogP contribution in [-0.2, 0) is 6.42 Å². The van der Waals surface area contributed by atoms with Gasteiger partial charge in [-0.1, -0.05) is 35.3 Å². The number of nitrogens with zero attached hydrogens (tertiary/aromatic N) is 3. The lowest BCUT2D eigenvalue weighted by Gasteiger charge is -2.36. The molecule has 1 heterocycles. The number of hydrogen-bond donors (Lipinski definition) is 2. The van der Waals surface area contributed by atoms with Gasteiger partial charge in [0.25, 0.3) is 0 Å². The van der Waals surface area contributed by atoms with E-state index in [0.717, 1.165) is 5.56 Å². The maximum atomic E-state index is 12.7. The van der Waals surface area contributed by atoms with Crippen molar-refractivity contribution in [3.05, 3.63) is 52.3 Å². The maximum absolute atomic E-state index is 12.7. The molecule has 6 nitrogen and oxygen atoms in total. The summed E-state index contributed by atoms with van der Waals surface area (Å²) < 4.78 is 0. The van der Waals surface area contributed by atoms with Crippen molar-refractivity contribution in [3.8, 4) is 5.75 Å². The number of rotatable bonds is 4. The molecule has 0 aliphatic heterocycles. The second-order valence-electron chi connectivity index (χ2n) is 5.93. The summed E-state index contributed by atoms with van der Waals surface area (Å²) in [6, 6.07) is 9.01. The molecule has 0 fully saturated rings. The van der Waals surface area contributed by atoms with Crippen LogP contribution in [0.15, 0.2) is 36.4 Å². The summed E-state index contributed by atoms with van der Waals surface area (Å²) in [5, 5.41) is 20.4. The number of amides is 2. The first kappa shape index (κ1) is 19.3. The molecular formula is C17H19Cl2N3O3. The third kappa shape index (κ3) is 4.75. The highest BCUT2D eigenvalue weighted by molar-refractivity contribution is 6.33. The number of aromatic nitrogens is 1. The zero-order valence-electron chi connectivity index (χ0n) is 14.1. The molecule has 2 aromatic rings. The topological polar surface area (TPSA) is 76.9 Å². The molecule has 0 radical (unpaired) electrons. The van der Waals surface area contributed by atoms with Gasteiger partial charge >= 0.3 is 6.03 Å². The Kier molecular flexibility index (Phi) is 5.77. The lowest BCUT2D eigenvalue weighted by atomic mass is 10.0. The number of pyridine rings is 1. The Hall–Kier alpha value is -2.02. The van der Waals surface area contributed by atoms with Gasteiger partial charge in [-0.2, -0.15) is 0 Å². The van der Waals surface area contributed by atoms with Crippen molar-refractivity contribution in [2.75, 3.05) is 19.0 Å². The molecule has 2 amide bonds. The number of carbonyl (C=O) groups is 1. The van der Waals surface area contributed by atoms with E-state index in [1.807, 2.05) is 0 Å². The molecule has 2 N–H and O–H groups in total. The number of phenolic OH excluding ortho intramolecular Hbond substituents is 1. The third-order valence-electron chi connectivity index (χ3n) is 3.91. The van der Waals surface area contributed by atoms with Crippen molar-refractivity contribution in [1.82, 2.24) is 9.88 Å². The number of hydrogen-bond acceptors (Lipinski definition) is 4. The highest BCUT2D eigenvalue weighted by Crippen LogP contribution is 2.25. The van der Waals surface area contributed by atoms with Gasteiger partial charge in [-0.05, 0) is 36.8 Å². The molecule has 0 aliphatic carbocycles. The molecule has 8 heteroatoms. The number of carbonyl (C=O) groups excluding carboxylic acids is 1. The van der Waals surface area contributed by atoms with Crippen LogP contribution in [-0.4, -0.2) is 45.9 Å². The summed E-state index contributed by atoms with van der Waals surface area (Å²) in [5.41, 5.74) is -0.203. The number of halogens is 2. The van der Waals surface area contributed by atoms with Crippen LogP contribution in [0.1, 0.15) is 12.5 Å². The Morgan fingerprint density at radius 2 is 1.68 bits per heavy atom. The predicted molar refractivity (Wildman–Crippen MR) is 98.3 cm³/mol. The van der Waals surface area contributed by atoms with Gasteiger partial charge in [0.2, 0.25) is 0 Å². The zero-order chi connectivity index (χ0) is 18.8. The number of urea groups is 1. The van der Waals surface area contributed by atoms with Crippen molar-refractivity contribution < 1.29 is 15.0 Å². The Morgan fingerprint density at radius 3 is 2.20 bits per heavy atom. The van der Waals surface area contributed by atoms with Gasteiger partial charge in [0.1, 0.15) is 21.8 Å². The highest BCUT2D eigenvalue weighted by atomic mass is 35.5. The molecular weight excluding hydrogens is 365 g/mol. The maximum Gasteiger partial charge on any atom is 0.326 e. The van der Waals surface area contributed by atoms with Crippen molar-refractivity contribution >= 4 is 34.9 Å². The number of phenols is 1. The van der Waals surface area contributed by atoms with Crippen LogP contribution in [0.25, 0.3) is 0 Å². The van der Waals surface area contributed by atoms with Crippen LogP contribution in [0.3, 0.4) is 0 Å². The summed E-state index contributed by atoms with van der Waals surface area (Å²) in [5.74, 6) is 0.138. The summed E-state index contributed by atoms with van der Waals surface area (Å²) in [4.78, 5) is 19.1. The van der Waals surface area contributed by atoms with Gasteiger partial charge < -0.3 is 10.2 Å². The van der Waals surface area contributed by atoms with Gasteiger partial charge in [0.15, 0.2) is 0 Å². The smallest absolute Gasteiger partial charge is 0.326 e. The molecule has 1 aromatic heterocycles. The normalized spacial score (nSPS) is 13.2. The molecule has 134 valence electrons. The fraction of sp³-hybridized carbons (Fsp3) is 0.294. The van der Waals surface area contributed by atoms with Crippen molar-refractivity contribution in [2.24, 2.45) is 0 Å². The highest BCUT2D eigenvalue weighted by Gasteiger charge is 2.32. The minimum Gasteiger partial charge on any atom is -0.508 e. The Bertz CT molecular complexity index is 746. The third-order valence-corrected chi connectivity index (χ3v) is 4.29. The number of aromatic hydroxyl groups is 1. The lowest BCUT2D eigenvalue weighted by Crippen LogP contribution is -2.53. The van der Waals surface area contributed by atoms with E-state index in [1.165, 1.54) is 48.0 Å². The summed E-state index contributed by atoms with van der Waals surface area (Å²) in [6.07, 6.45) is 0.196. The predicted octanol–water partition coefficient (Wildman–Crippen LogP) is 3.53. The average Bonchev–Trinajstić information content (AvgIpc) is 2.53. The van der Waals surface area contributed by atoms with E-state index in [-0.39, 0.29) is 22.5 Å². The Labute approximate surface area is 156 Å². The van der Waals surface area contributed by atoms with Crippen LogP contribution in [0.5, 0.6) is 5.75 Å². The zero-order valence-corrected chi connectivity index (χ0v) is 15.6. The van der Waals surface area contributed by atoms with Crippen molar-refractivity contribution in [1.29, 1.82) is 0 Å². The molecule has 25 heavy (non-hydrogen) atoms. The monoisotopic (exact) mass is 383 g/mol. The SMILES string of the molecule is CN(C(=O)N(C)C(C)(O)Cc1ccc(O)cc1)c1cc(Cl)nc(Cl)c1. The quantitative estimate of drug-likeness (QED) is 0.625. The summed E-state index contributed by atoms with van der Waals surface area (Å²) in [7, 11) is 3.06. The van der Waals surface area contributed by atoms with Gasteiger partial charge in [0.05, 0.1) is 5.69 Å². The first-order valence-electron chi connectivity index (χ1n) is 7.45. The molecule has 0 saturated carbocycles. The average molecular weight is 384 g/mol. The van der Waals surface area contributed by atoms with Gasteiger partial charge in [-0.25, -0.2) is 9.78 Å². The molecule has 0 aliphatic rings. The number of likely N-dealkylation sites (N-methyl/N-ethyl adjacent to an activating group) is 1. The van der Waals surface area contributed by atoms with Gasteiger partial charge in [-0.15, -0.1) is 0 Å². The lowest BCUT2D eigenvalue weighted by molar-refractivity contribution is -0.0510. The van der Waals surface area contributed by atoms with Crippen molar-refractivity contribution in [3.63, 3.8) is 0 Å². The van der Waals surface area contributed by atoms with E-state index in [4.69, 9.17) is 23.2 Å². The molecule has 1 aromatic carbocycles. The van der Waals surface area contributed by atoms with Gasteiger partial charge in [0, 0.05) is 20.5 Å². The fourth-order valence-electron chi connectivity index (χ4n) is 2.31. The molecule has 0 saturated heterocycles. The molecule has 2 rings (SSSR count). The standard InChI is InChI=1S/C17H19Cl2N3O3/c1-17(25,10-11-4-6-13(23)7-5-11)22(3)16(24)21(2)12-8-14(18)20-15(19)9-12/h4-9,23,25H,10H2,1-3H3. The number of benzene rings is 1. The first-order chi connectivity index (χ1) is 11.6. The van der Waals surface area contributed by atoms with Crippen LogP contribution in [0.2, 0.25) is 10.3 Å². The van der Waals surface area contributed by atoms with Gasteiger partial charge in [-0.3, -0.25) is 9.80 Å². The first-order valence-corrected chi connectivity index (χ1v) is 8.20. The second-order valence-corrected chi connectivity index (χ2v) is 6.71. The van der Waals surface area contributed by atoms with E-state index in [9.17, 15) is 15.0 Å². The van der Waals surface area contributed by atoms with Crippen LogP contribution in [0, 0.1) is 0 Å². The van der Waals surface area contributed by atoms with Crippen LogP contribution >= 0.6 is 23.2 Å². The molecule has 0 bridgehead atoms. The Morgan fingerprint density at radius 1 is 1.16 bits per heavy atom. The number of aliphatic hydroxyl groups is 1. The van der Waals surface area contributed by atoms with E-state index in [2.05, 4.69) is 4.98 Å². The largest absolute Gasteiger partial charge is 0.508 e. The minimum atomic E-state index is -1.44. The molecule has 0 spiro atoms. The van der Waals surface area contributed by atoms with E-state index in [0.29, 0.717) is 5.69 Å². The second kappa shape index (κ2) is 7.47. The van der Waals surface area contributed by atoms with E-state index < -0.39 is 11.8 Å². The fourth-order valence-corrected chi connectivity index (χ4v) is 2.76. The molecule has 1 atom stereocenters. The van der Waals surface area contributed by atoms with Crippen molar-refractivity contribution in [2.45, 2.75) is 19.1 Å². The van der Waals surface area contributed by atoms with E-state index in [1.54, 1.807) is 19.2 Å². The molecule has 1 unspecified atom stereocenters. The number of anilines is 1. The van der Waals surface area contributed by atoms with E-state index >= 15 is 0 Å².